The van der Waals surface area contributed by atoms with Crippen LogP contribution >= 0.6 is 0 Å². The molecule has 0 saturated carbocycles. The summed E-state index contributed by atoms with van der Waals surface area (Å²) in [4.78, 5) is 39.7. The van der Waals surface area contributed by atoms with Crippen LogP contribution in [0.5, 0.6) is 0 Å². The molecule has 4 atom stereocenters. The molecule has 1 aromatic carbocycles. The largest absolute Gasteiger partial charge is 0.467 e. The van der Waals surface area contributed by atoms with Crippen LogP contribution in [0, 0.1) is 5.92 Å². The summed E-state index contributed by atoms with van der Waals surface area (Å²) in [5.41, 5.74) is 0.298. The van der Waals surface area contributed by atoms with Gasteiger partial charge in [-0.1, -0.05) is 37.3 Å². The maximum absolute atomic E-state index is 13.1. The van der Waals surface area contributed by atoms with Gasteiger partial charge in [-0.2, -0.15) is 0 Å². The van der Waals surface area contributed by atoms with E-state index in [-0.39, 0.29) is 11.9 Å². The summed E-state index contributed by atoms with van der Waals surface area (Å²) < 4.78 is 16.1. The predicted molar refractivity (Wildman–Crippen MR) is 120 cm³/mol. The van der Waals surface area contributed by atoms with Crippen LogP contribution < -0.4 is 5.32 Å². The van der Waals surface area contributed by atoms with Crippen LogP contribution in [-0.4, -0.2) is 67.4 Å². The van der Waals surface area contributed by atoms with Gasteiger partial charge in [0, 0.05) is 20.1 Å². The van der Waals surface area contributed by atoms with Crippen LogP contribution in [-0.2, 0) is 30.2 Å². The Bertz CT molecular complexity index is 776. The normalized spacial score (nSPS) is 19.1. The highest BCUT2D eigenvalue weighted by atomic mass is 16.6. The lowest BCUT2D eigenvalue weighted by atomic mass is 9.94. The molecule has 1 aliphatic heterocycles. The van der Waals surface area contributed by atoms with Gasteiger partial charge in [0.1, 0.15) is 11.6 Å². The SMILES string of the molecule is COC(=O)[C@H](Cc1ccccc1)NC(=O)[C@@H](C)[C@@H](OC)[C@@H]1CCCN1C(=O)OC(C)(C)C. The van der Waals surface area contributed by atoms with Gasteiger partial charge in [-0.25, -0.2) is 9.59 Å². The first-order valence-corrected chi connectivity index (χ1v) is 11.0. The summed E-state index contributed by atoms with van der Waals surface area (Å²) in [6.45, 7) is 7.75. The van der Waals surface area contributed by atoms with E-state index in [4.69, 9.17) is 14.2 Å². The Kier molecular flexibility index (Phi) is 9.07. The first-order chi connectivity index (χ1) is 15.1. The summed E-state index contributed by atoms with van der Waals surface area (Å²) in [5, 5.41) is 2.81. The number of amides is 2. The van der Waals surface area contributed by atoms with Crippen molar-refractivity contribution in [1.29, 1.82) is 0 Å². The summed E-state index contributed by atoms with van der Waals surface area (Å²) in [6, 6.07) is 8.31. The van der Waals surface area contributed by atoms with Crippen molar-refractivity contribution in [2.45, 2.75) is 70.7 Å². The van der Waals surface area contributed by atoms with Gasteiger partial charge in [-0.15, -0.1) is 0 Å². The fourth-order valence-corrected chi connectivity index (χ4v) is 4.01. The van der Waals surface area contributed by atoms with Crippen molar-refractivity contribution in [3.63, 3.8) is 0 Å². The molecular formula is C24H36N2O6. The second-order valence-electron chi connectivity index (χ2n) is 9.15. The lowest BCUT2D eigenvalue weighted by Gasteiger charge is -2.35. The molecule has 1 aromatic rings. The van der Waals surface area contributed by atoms with E-state index in [9.17, 15) is 14.4 Å². The van der Waals surface area contributed by atoms with Crippen molar-refractivity contribution < 1.29 is 28.6 Å². The highest BCUT2D eigenvalue weighted by molar-refractivity contribution is 5.86. The zero-order valence-corrected chi connectivity index (χ0v) is 19.9. The van der Waals surface area contributed by atoms with Crippen molar-refractivity contribution in [2.24, 2.45) is 5.92 Å². The number of nitrogens with zero attached hydrogens (tertiary/aromatic N) is 1. The summed E-state index contributed by atoms with van der Waals surface area (Å²) in [5.74, 6) is -1.45. The zero-order chi connectivity index (χ0) is 23.9. The van der Waals surface area contributed by atoms with Crippen molar-refractivity contribution in [3.05, 3.63) is 35.9 Å². The van der Waals surface area contributed by atoms with E-state index in [0.29, 0.717) is 19.4 Å². The van der Waals surface area contributed by atoms with Gasteiger partial charge < -0.3 is 24.4 Å². The second-order valence-corrected chi connectivity index (χ2v) is 9.15. The van der Waals surface area contributed by atoms with Gasteiger partial charge in [-0.05, 0) is 39.2 Å². The topological polar surface area (TPSA) is 94.2 Å². The molecule has 0 radical (unpaired) electrons. The number of nitrogens with one attached hydrogen (secondary N) is 1. The van der Waals surface area contributed by atoms with Crippen LogP contribution in [0.15, 0.2) is 30.3 Å². The highest BCUT2D eigenvalue weighted by Gasteiger charge is 2.41. The Morgan fingerprint density at radius 3 is 2.38 bits per heavy atom. The summed E-state index contributed by atoms with van der Waals surface area (Å²) in [7, 11) is 2.83. The number of methoxy groups -OCH3 is 2. The van der Waals surface area contributed by atoms with E-state index < -0.39 is 35.7 Å². The molecule has 0 bridgehead atoms. The summed E-state index contributed by atoms with van der Waals surface area (Å²) >= 11 is 0. The molecule has 8 heteroatoms. The summed E-state index contributed by atoms with van der Waals surface area (Å²) in [6.07, 6.45) is 0.875. The number of carbonyl (C=O) groups is 3. The standard InChI is InChI=1S/C24H36N2O6/c1-16(20(30-5)19-13-10-14-26(19)23(29)32-24(2,3)4)21(27)25-18(22(28)31-6)15-17-11-8-7-9-12-17/h7-9,11-12,16,18-20H,10,13-15H2,1-6H3,(H,25,27)/t16-,18-,19-,20+/m0/s1. The van der Waals surface area contributed by atoms with Gasteiger partial charge in [0.15, 0.2) is 0 Å². The first kappa shape index (κ1) is 25.6. The lowest BCUT2D eigenvalue weighted by Crippen LogP contribution is -2.53. The number of hydrogen-bond donors (Lipinski definition) is 1. The Labute approximate surface area is 190 Å². The molecule has 1 heterocycles. The van der Waals surface area contributed by atoms with Crippen molar-refractivity contribution in [3.8, 4) is 0 Å². The monoisotopic (exact) mass is 448 g/mol. The Morgan fingerprint density at radius 2 is 1.81 bits per heavy atom. The van der Waals surface area contributed by atoms with Crippen molar-refractivity contribution in [2.75, 3.05) is 20.8 Å². The first-order valence-electron chi connectivity index (χ1n) is 11.0. The average Bonchev–Trinajstić information content (AvgIpc) is 3.22. The van der Waals surface area contributed by atoms with E-state index in [1.54, 1.807) is 11.8 Å². The lowest BCUT2D eigenvalue weighted by molar-refractivity contribution is -0.146. The number of carbonyl (C=O) groups excluding carboxylic acids is 3. The number of esters is 1. The van der Waals surface area contributed by atoms with E-state index in [2.05, 4.69) is 5.32 Å². The number of benzene rings is 1. The predicted octanol–water partition coefficient (Wildman–Crippen LogP) is 2.94. The number of likely N-dealkylation sites (tertiary alicyclic amines) is 1. The molecule has 1 saturated heterocycles. The minimum Gasteiger partial charge on any atom is -0.467 e. The molecule has 2 rings (SSSR count). The third kappa shape index (κ3) is 6.95. The maximum atomic E-state index is 13.1. The van der Waals surface area contributed by atoms with Gasteiger partial charge in [-0.3, -0.25) is 4.79 Å². The van der Waals surface area contributed by atoms with Crippen molar-refractivity contribution >= 4 is 18.0 Å². The van der Waals surface area contributed by atoms with Crippen LogP contribution in [0.1, 0.15) is 46.1 Å². The second kappa shape index (κ2) is 11.3. The van der Waals surface area contributed by atoms with E-state index in [1.807, 2.05) is 51.1 Å². The smallest absolute Gasteiger partial charge is 0.410 e. The van der Waals surface area contributed by atoms with Gasteiger partial charge in [0.2, 0.25) is 5.91 Å². The molecule has 0 aliphatic carbocycles. The van der Waals surface area contributed by atoms with Gasteiger partial charge in [0.25, 0.3) is 0 Å². The van der Waals surface area contributed by atoms with E-state index in [0.717, 1.165) is 12.0 Å². The maximum Gasteiger partial charge on any atom is 0.410 e. The van der Waals surface area contributed by atoms with Gasteiger partial charge >= 0.3 is 12.1 Å². The average molecular weight is 449 g/mol. The van der Waals surface area contributed by atoms with Crippen LogP contribution in [0.3, 0.4) is 0 Å². The molecule has 0 spiro atoms. The molecule has 2 amide bonds. The number of rotatable bonds is 8. The molecule has 1 N–H and O–H groups in total. The third-order valence-electron chi connectivity index (χ3n) is 5.57. The Balaban J connectivity index is 2.11. The van der Waals surface area contributed by atoms with Crippen molar-refractivity contribution in [1.82, 2.24) is 10.2 Å². The van der Waals surface area contributed by atoms with Crippen LogP contribution in [0.25, 0.3) is 0 Å². The minimum atomic E-state index is -0.819. The van der Waals surface area contributed by atoms with Crippen LogP contribution in [0.2, 0.25) is 0 Å². The molecular weight excluding hydrogens is 412 g/mol. The Hall–Kier alpha value is -2.61. The molecule has 1 fully saturated rings. The molecule has 32 heavy (non-hydrogen) atoms. The number of ether oxygens (including phenoxy) is 3. The minimum absolute atomic E-state index is 0.290. The van der Waals surface area contributed by atoms with E-state index >= 15 is 0 Å². The fourth-order valence-electron chi connectivity index (χ4n) is 4.01. The Morgan fingerprint density at radius 1 is 1.16 bits per heavy atom. The van der Waals surface area contributed by atoms with Gasteiger partial charge in [0.05, 0.1) is 25.2 Å². The zero-order valence-electron chi connectivity index (χ0n) is 19.9. The highest BCUT2D eigenvalue weighted by Crippen LogP contribution is 2.28. The third-order valence-corrected chi connectivity index (χ3v) is 5.57. The molecule has 178 valence electrons. The quantitative estimate of drug-likeness (QED) is 0.615. The molecule has 0 aromatic heterocycles. The molecule has 0 unspecified atom stereocenters. The molecule has 1 aliphatic rings. The molecule has 8 nitrogen and oxygen atoms in total. The fraction of sp³-hybridized carbons (Fsp3) is 0.625. The van der Waals surface area contributed by atoms with E-state index in [1.165, 1.54) is 14.2 Å². The van der Waals surface area contributed by atoms with Crippen LogP contribution in [0.4, 0.5) is 4.79 Å². The number of hydrogen-bond acceptors (Lipinski definition) is 6.